The molecule has 2 N–H and O–H groups in total. The summed E-state index contributed by atoms with van der Waals surface area (Å²) in [5, 5.41) is 6.55. The standard InChI is InChI=1S/C20H18ClN3O3/c1-26-17-4-2-3-5-18(17)27-13-20(25)24-16-10-11-19(22-12-16)23-15-8-6-14(21)7-9-15/h2-12H,13H2,1H3,(H,22,23)(H,24,25). The first-order valence-electron chi connectivity index (χ1n) is 8.18. The lowest BCUT2D eigenvalue weighted by Gasteiger charge is -2.11. The number of ether oxygens (including phenoxy) is 2. The van der Waals surface area contributed by atoms with Crippen molar-refractivity contribution < 1.29 is 14.3 Å². The molecule has 0 unspecified atom stereocenters. The molecule has 27 heavy (non-hydrogen) atoms. The summed E-state index contributed by atoms with van der Waals surface area (Å²) in [5.41, 5.74) is 1.44. The van der Waals surface area contributed by atoms with Crippen LogP contribution < -0.4 is 20.1 Å². The van der Waals surface area contributed by atoms with Crippen LogP contribution in [0.3, 0.4) is 0 Å². The van der Waals surface area contributed by atoms with Crippen LogP contribution in [0.5, 0.6) is 11.5 Å². The van der Waals surface area contributed by atoms with Gasteiger partial charge in [0.2, 0.25) is 0 Å². The van der Waals surface area contributed by atoms with Gasteiger partial charge in [-0.1, -0.05) is 23.7 Å². The molecule has 1 amide bonds. The largest absolute Gasteiger partial charge is 0.493 e. The van der Waals surface area contributed by atoms with Gasteiger partial charge in [-0.25, -0.2) is 4.98 Å². The molecule has 0 spiro atoms. The number of carbonyl (C=O) groups excluding carboxylic acids is 1. The zero-order chi connectivity index (χ0) is 19.1. The predicted molar refractivity (Wildman–Crippen MR) is 106 cm³/mol. The summed E-state index contributed by atoms with van der Waals surface area (Å²) in [6.45, 7) is -0.134. The van der Waals surface area contributed by atoms with Gasteiger partial charge in [-0.05, 0) is 48.5 Å². The molecule has 0 fully saturated rings. The zero-order valence-corrected chi connectivity index (χ0v) is 15.4. The predicted octanol–water partition coefficient (Wildman–Crippen LogP) is 4.50. The Labute approximate surface area is 162 Å². The average molecular weight is 384 g/mol. The topological polar surface area (TPSA) is 72.5 Å². The molecule has 3 aromatic rings. The summed E-state index contributed by atoms with van der Waals surface area (Å²) in [6, 6.07) is 18.0. The molecule has 0 saturated heterocycles. The SMILES string of the molecule is COc1ccccc1OCC(=O)Nc1ccc(Nc2ccc(Cl)cc2)nc1. The quantitative estimate of drug-likeness (QED) is 0.628. The molecule has 7 heteroatoms. The van der Waals surface area contributed by atoms with Gasteiger partial charge in [0.25, 0.3) is 5.91 Å². The third-order valence-electron chi connectivity index (χ3n) is 3.59. The third kappa shape index (κ3) is 5.36. The number of amides is 1. The molecule has 0 saturated carbocycles. The van der Waals surface area contributed by atoms with E-state index < -0.39 is 0 Å². The van der Waals surface area contributed by atoms with E-state index in [0.29, 0.717) is 28.0 Å². The van der Waals surface area contributed by atoms with E-state index in [9.17, 15) is 4.79 Å². The van der Waals surface area contributed by atoms with E-state index in [1.165, 1.54) is 0 Å². The molecule has 0 bridgehead atoms. The Balaban J connectivity index is 1.53. The van der Waals surface area contributed by atoms with Crippen molar-refractivity contribution >= 4 is 34.7 Å². The normalized spacial score (nSPS) is 10.1. The monoisotopic (exact) mass is 383 g/mol. The van der Waals surface area contributed by atoms with Crippen molar-refractivity contribution in [1.82, 2.24) is 4.98 Å². The number of hydrogen-bond acceptors (Lipinski definition) is 5. The Kier molecular flexibility index (Phi) is 6.12. The minimum absolute atomic E-state index is 0.134. The average Bonchev–Trinajstić information content (AvgIpc) is 2.70. The number of pyridine rings is 1. The highest BCUT2D eigenvalue weighted by Crippen LogP contribution is 2.25. The van der Waals surface area contributed by atoms with Crippen LogP contribution in [0.1, 0.15) is 0 Å². The van der Waals surface area contributed by atoms with E-state index in [1.807, 2.05) is 24.3 Å². The van der Waals surface area contributed by atoms with E-state index in [-0.39, 0.29) is 12.5 Å². The highest BCUT2D eigenvalue weighted by atomic mass is 35.5. The van der Waals surface area contributed by atoms with Crippen LogP contribution in [0.4, 0.5) is 17.2 Å². The summed E-state index contributed by atoms with van der Waals surface area (Å²) in [4.78, 5) is 16.3. The number of methoxy groups -OCH3 is 1. The second kappa shape index (κ2) is 8.91. The first-order chi connectivity index (χ1) is 13.1. The molecular weight excluding hydrogens is 366 g/mol. The number of halogens is 1. The van der Waals surface area contributed by atoms with Gasteiger partial charge >= 0.3 is 0 Å². The zero-order valence-electron chi connectivity index (χ0n) is 14.6. The van der Waals surface area contributed by atoms with E-state index in [1.54, 1.807) is 49.7 Å². The van der Waals surface area contributed by atoms with E-state index in [0.717, 1.165) is 5.69 Å². The maximum absolute atomic E-state index is 12.1. The highest BCUT2D eigenvalue weighted by Gasteiger charge is 2.07. The Hall–Kier alpha value is -3.25. The van der Waals surface area contributed by atoms with Gasteiger partial charge in [0.15, 0.2) is 18.1 Å². The molecule has 0 atom stereocenters. The molecule has 0 aliphatic heterocycles. The Bertz CT molecular complexity index is 899. The molecule has 0 radical (unpaired) electrons. The molecule has 0 aliphatic carbocycles. The fraction of sp³-hybridized carbons (Fsp3) is 0.100. The lowest BCUT2D eigenvalue weighted by molar-refractivity contribution is -0.118. The number of anilines is 3. The first kappa shape index (κ1) is 18.5. The first-order valence-corrected chi connectivity index (χ1v) is 8.56. The molecule has 1 heterocycles. The lowest BCUT2D eigenvalue weighted by atomic mass is 10.3. The number of benzene rings is 2. The van der Waals surface area contributed by atoms with Crippen LogP contribution in [0.25, 0.3) is 0 Å². The summed E-state index contributed by atoms with van der Waals surface area (Å²) in [5.74, 6) is 1.45. The Morgan fingerprint density at radius 3 is 2.37 bits per heavy atom. The summed E-state index contributed by atoms with van der Waals surface area (Å²) < 4.78 is 10.7. The van der Waals surface area contributed by atoms with Crippen LogP contribution in [0.2, 0.25) is 5.02 Å². The number of nitrogens with one attached hydrogen (secondary N) is 2. The number of aromatic nitrogens is 1. The van der Waals surface area contributed by atoms with Crippen molar-refractivity contribution in [3.05, 3.63) is 71.9 Å². The molecule has 1 aromatic heterocycles. The van der Waals surface area contributed by atoms with Crippen LogP contribution in [0.15, 0.2) is 66.9 Å². The van der Waals surface area contributed by atoms with E-state index >= 15 is 0 Å². The van der Waals surface area contributed by atoms with Crippen molar-refractivity contribution in [1.29, 1.82) is 0 Å². The van der Waals surface area contributed by atoms with Gasteiger partial charge in [0.05, 0.1) is 19.0 Å². The fourth-order valence-electron chi connectivity index (χ4n) is 2.30. The van der Waals surface area contributed by atoms with Crippen LogP contribution in [0, 0.1) is 0 Å². The van der Waals surface area contributed by atoms with Crippen molar-refractivity contribution in [3.63, 3.8) is 0 Å². The molecule has 6 nitrogen and oxygen atoms in total. The number of para-hydroxylation sites is 2. The number of rotatable bonds is 7. The lowest BCUT2D eigenvalue weighted by Crippen LogP contribution is -2.20. The van der Waals surface area contributed by atoms with Crippen LogP contribution in [-0.4, -0.2) is 24.6 Å². The van der Waals surface area contributed by atoms with Gasteiger partial charge in [-0.3, -0.25) is 4.79 Å². The van der Waals surface area contributed by atoms with Gasteiger partial charge in [-0.2, -0.15) is 0 Å². The highest BCUT2D eigenvalue weighted by molar-refractivity contribution is 6.30. The molecule has 3 rings (SSSR count). The molecule has 2 aromatic carbocycles. The summed E-state index contributed by atoms with van der Waals surface area (Å²) in [6.07, 6.45) is 1.57. The summed E-state index contributed by atoms with van der Waals surface area (Å²) >= 11 is 5.86. The minimum atomic E-state index is -0.291. The van der Waals surface area contributed by atoms with Gasteiger partial charge in [0.1, 0.15) is 5.82 Å². The number of carbonyl (C=O) groups is 1. The van der Waals surface area contributed by atoms with Gasteiger partial charge in [0, 0.05) is 10.7 Å². The van der Waals surface area contributed by atoms with Crippen molar-refractivity contribution in [2.75, 3.05) is 24.4 Å². The Morgan fingerprint density at radius 1 is 1.00 bits per heavy atom. The number of hydrogen-bond donors (Lipinski definition) is 2. The minimum Gasteiger partial charge on any atom is -0.493 e. The van der Waals surface area contributed by atoms with Gasteiger partial charge in [-0.15, -0.1) is 0 Å². The third-order valence-corrected chi connectivity index (χ3v) is 3.84. The summed E-state index contributed by atoms with van der Waals surface area (Å²) in [7, 11) is 1.55. The maximum atomic E-state index is 12.1. The molecule has 138 valence electrons. The van der Waals surface area contributed by atoms with Crippen LogP contribution in [-0.2, 0) is 4.79 Å². The Morgan fingerprint density at radius 2 is 1.70 bits per heavy atom. The second-order valence-electron chi connectivity index (χ2n) is 5.55. The van der Waals surface area contributed by atoms with Gasteiger partial charge < -0.3 is 20.1 Å². The molecular formula is C20H18ClN3O3. The van der Waals surface area contributed by atoms with Crippen molar-refractivity contribution in [2.24, 2.45) is 0 Å². The van der Waals surface area contributed by atoms with Crippen molar-refractivity contribution in [2.45, 2.75) is 0 Å². The van der Waals surface area contributed by atoms with E-state index in [2.05, 4.69) is 15.6 Å². The molecule has 0 aliphatic rings. The maximum Gasteiger partial charge on any atom is 0.262 e. The second-order valence-corrected chi connectivity index (χ2v) is 5.99. The van der Waals surface area contributed by atoms with E-state index in [4.69, 9.17) is 21.1 Å². The van der Waals surface area contributed by atoms with Crippen molar-refractivity contribution in [3.8, 4) is 11.5 Å². The van der Waals surface area contributed by atoms with Crippen LogP contribution >= 0.6 is 11.6 Å². The number of nitrogens with zero attached hydrogens (tertiary/aromatic N) is 1. The fourth-order valence-corrected chi connectivity index (χ4v) is 2.43. The smallest absolute Gasteiger partial charge is 0.262 e.